The van der Waals surface area contributed by atoms with Crippen molar-refractivity contribution >= 4 is 11.4 Å². The van der Waals surface area contributed by atoms with Crippen LogP contribution in [0.3, 0.4) is 0 Å². The molecule has 2 atom stereocenters. The Morgan fingerprint density at radius 2 is 2.17 bits per heavy atom. The van der Waals surface area contributed by atoms with E-state index in [4.69, 9.17) is 4.74 Å². The summed E-state index contributed by atoms with van der Waals surface area (Å²) in [5.74, 6) is 1.39. The number of anilines is 2. The van der Waals surface area contributed by atoms with E-state index in [2.05, 4.69) is 22.1 Å². The summed E-state index contributed by atoms with van der Waals surface area (Å²) in [7, 11) is 5.75. The molecule has 1 aliphatic rings. The molecular formula is C14H23N3O. The minimum absolute atomic E-state index is 0.529. The SMILES string of the molecule is COc1nccc(N(C)C)c1NC1CCCC1C. The van der Waals surface area contributed by atoms with Crippen molar-refractivity contribution < 1.29 is 4.74 Å². The van der Waals surface area contributed by atoms with Crippen LogP contribution < -0.4 is 15.0 Å². The zero-order valence-corrected chi connectivity index (χ0v) is 11.7. The van der Waals surface area contributed by atoms with Gasteiger partial charge >= 0.3 is 0 Å². The van der Waals surface area contributed by atoms with Gasteiger partial charge in [-0.15, -0.1) is 0 Å². The molecule has 0 saturated heterocycles. The monoisotopic (exact) mass is 249 g/mol. The Bertz CT molecular complexity index is 406. The summed E-state index contributed by atoms with van der Waals surface area (Å²) in [5, 5.41) is 3.63. The molecule has 1 saturated carbocycles. The lowest BCUT2D eigenvalue weighted by molar-refractivity contribution is 0.398. The Hall–Kier alpha value is -1.45. The quantitative estimate of drug-likeness (QED) is 0.890. The van der Waals surface area contributed by atoms with E-state index in [0.29, 0.717) is 17.8 Å². The zero-order chi connectivity index (χ0) is 13.1. The second kappa shape index (κ2) is 5.46. The average Bonchev–Trinajstić information content (AvgIpc) is 2.75. The Morgan fingerprint density at radius 3 is 2.72 bits per heavy atom. The first-order valence-corrected chi connectivity index (χ1v) is 6.60. The number of pyridine rings is 1. The molecule has 4 heteroatoms. The summed E-state index contributed by atoms with van der Waals surface area (Å²) in [6.07, 6.45) is 5.62. The van der Waals surface area contributed by atoms with Crippen molar-refractivity contribution in [3.63, 3.8) is 0 Å². The third kappa shape index (κ3) is 2.52. The molecule has 1 fully saturated rings. The lowest BCUT2D eigenvalue weighted by atomic mass is 10.1. The Morgan fingerprint density at radius 1 is 1.39 bits per heavy atom. The summed E-state index contributed by atoms with van der Waals surface area (Å²) in [6, 6.07) is 2.55. The van der Waals surface area contributed by atoms with Crippen LogP contribution in [0.15, 0.2) is 12.3 Å². The Balaban J connectivity index is 2.29. The maximum Gasteiger partial charge on any atom is 0.239 e. The number of rotatable bonds is 4. The van der Waals surface area contributed by atoms with E-state index in [9.17, 15) is 0 Å². The van der Waals surface area contributed by atoms with Gasteiger partial charge in [-0.1, -0.05) is 13.3 Å². The molecule has 0 amide bonds. The molecule has 1 aliphatic carbocycles. The van der Waals surface area contributed by atoms with Gasteiger partial charge in [0.15, 0.2) is 0 Å². The van der Waals surface area contributed by atoms with E-state index in [-0.39, 0.29) is 0 Å². The molecule has 1 aromatic rings. The molecule has 2 rings (SSSR count). The van der Waals surface area contributed by atoms with Crippen molar-refractivity contribution in [2.45, 2.75) is 32.2 Å². The third-order valence-corrected chi connectivity index (χ3v) is 3.76. The van der Waals surface area contributed by atoms with Crippen molar-refractivity contribution in [1.29, 1.82) is 0 Å². The molecule has 0 radical (unpaired) electrons. The summed E-state index contributed by atoms with van der Waals surface area (Å²) < 4.78 is 5.38. The highest BCUT2D eigenvalue weighted by Gasteiger charge is 2.25. The van der Waals surface area contributed by atoms with Gasteiger partial charge in [-0.2, -0.15) is 0 Å². The van der Waals surface area contributed by atoms with E-state index in [1.807, 2.05) is 20.2 Å². The van der Waals surface area contributed by atoms with E-state index in [1.165, 1.54) is 19.3 Å². The summed E-state index contributed by atoms with van der Waals surface area (Å²) in [5.41, 5.74) is 2.14. The first kappa shape index (κ1) is 13.0. The molecule has 0 spiro atoms. The highest BCUT2D eigenvalue weighted by Crippen LogP contribution is 2.36. The van der Waals surface area contributed by atoms with Crippen molar-refractivity contribution in [1.82, 2.24) is 4.98 Å². The van der Waals surface area contributed by atoms with Crippen LogP contribution in [0.25, 0.3) is 0 Å². The number of ether oxygens (including phenoxy) is 1. The second-order valence-electron chi connectivity index (χ2n) is 5.27. The summed E-state index contributed by atoms with van der Waals surface area (Å²) in [4.78, 5) is 6.39. The van der Waals surface area contributed by atoms with Gasteiger partial charge in [0.25, 0.3) is 0 Å². The minimum atomic E-state index is 0.529. The van der Waals surface area contributed by atoms with Crippen LogP contribution in [0.5, 0.6) is 5.88 Å². The van der Waals surface area contributed by atoms with E-state index >= 15 is 0 Å². The Kier molecular flexibility index (Phi) is 3.94. The summed E-state index contributed by atoms with van der Waals surface area (Å²) in [6.45, 7) is 2.31. The first-order chi connectivity index (χ1) is 8.63. The number of nitrogens with one attached hydrogen (secondary N) is 1. The molecular weight excluding hydrogens is 226 g/mol. The summed E-state index contributed by atoms with van der Waals surface area (Å²) >= 11 is 0. The molecule has 1 heterocycles. The molecule has 4 nitrogen and oxygen atoms in total. The average molecular weight is 249 g/mol. The fourth-order valence-electron chi connectivity index (χ4n) is 2.64. The fraction of sp³-hybridized carbons (Fsp3) is 0.643. The van der Waals surface area contributed by atoms with Crippen LogP contribution in [0, 0.1) is 5.92 Å². The number of aromatic nitrogens is 1. The molecule has 1 N–H and O–H groups in total. The normalized spacial score (nSPS) is 22.9. The Labute approximate surface area is 109 Å². The van der Waals surface area contributed by atoms with Crippen LogP contribution in [-0.4, -0.2) is 32.2 Å². The predicted molar refractivity (Wildman–Crippen MR) is 75.5 cm³/mol. The van der Waals surface area contributed by atoms with Crippen molar-refractivity contribution in [3.05, 3.63) is 12.3 Å². The minimum Gasteiger partial charge on any atom is -0.479 e. The van der Waals surface area contributed by atoms with Gasteiger partial charge in [-0.25, -0.2) is 4.98 Å². The van der Waals surface area contributed by atoms with Crippen LogP contribution >= 0.6 is 0 Å². The van der Waals surface area contributed by atoms with Crippen LogP contribution in [0.4, 0.5) is 11.4 Å². The number of nitrogens with zero attached hydrogens (tertiary/aromatic N) is 2. The van der Waals surface area contributed by atoms with Gasteiger partial charge in [0.05, 0.1) is 12.8 Å². The van der Waals surface area contributed by atoms with Gasteiger partial charge < -0.3 is 15.0 Å². The molecule has 0 aliphatic heterocycles. The highest BCUT2D eigenvalue weighted by atomic mass is 16.5. The van der Waals surface area contributed by atoms with Gasteiger partial charge in [0.1, 0.15) is 5.69 Å². The number of hydrogen-bond donors (Lipinski definition) is 1. The van der Waals surface area contributed by atoms with Gasteiger partial charge in [0.2, 0.25) is 5.88 Å². The van der Waals surface area contributed by atoms with Crippen molar-refractivity contribution in [2.75, 3.05) is 31.4 Å². The van der Waals surface area contributed by atoms with Crippen LogP contribution in [-0.2, 0) is 0 Å². The van der Waals surface area contributed by atoms with E-state index < -0.39 is 0 Å². The molecule has 0 bridgehead atoms. The molecule has 0 aromatic carbocycles. The van der Waals surface area contributed by atoms with Gasteiger partial charge in [-0.05, 0) is 24.8 Å². The second-order valence-corrected chi connectivity index (χ2v) is 5.27. The smallest absolute Gasteiger partial charge is 0.239 e. The zero-order valence-electron chi connectivity index (χ0n) is 11.7. The predicted octanol–water partition coefficient (Wildman–Crippen LogP) is 2.76. The standard InChI is InChI=1S/C14H23N3O/c1-10-6-5-7-11(10)16-13-12(17(2)3)8-9-15-14(13)18-4/h8-11,16H,5-7H2,1-4H3. The topological polar surface area (TPSA) is 37.4 Å². The van der Waals surface area contributed by atoms with E-state index in [0.717, 1.165) is 11.4 Å². The van der Waals surface area contributed by atoms with Crippen LogP contribution in [0.2, 0.25) is 0 Å². The first-order valence-electron chi connectivity index (χ1n) is 6.60. The number of methoxy groups -OCH3 is 1. The fourth-order valence-corrected chi connectivity index (χ4v) is 2.64. The van der Waals surface area contributed by atoms with Crippen molar-refractivity contribution in [3.8, 4) is 5.88 Å². The third-order valence-electron chi connectivity index (χ3n) is 3.76. The van der Waals surface area contributed by atoms with Crippen LogP contribution in [0.1, 0.15) is 26.2 Å². The largest absolute Gasteiger partial charge is 0.479 e. The van der Waals surface area contributed by atoms with Gasteiger partial charge in [-0.3, -0.25) is 0 Å². The lowest BCUT2D eigenvalue weighted by Crippen LogP contribution is -2.24. The van der Waals surface area contributed by atoms with Gasteiger partial charge in [0, 0.05) is 26.3 Å². The van der Waals surface area contributed by atoms with Crippen molar-refractivity contribution in [2.24, 2.45) is 5.92 Å². The van der Waals surface area contributed by atoms with E-state index in [1.54, 1.807) is 13.3 Å². The molecule has 2 unspecified atom stereocenters. The maximum atomic E-state index is 5.38. The molecule has 18 heavy (non-hydrogen) atoms. The number of hydrogen-bond acceptors (Lipinski definition) is 4. The molecule has 1 aromatic heterocycles. The molecule has 100 valence electrons. The highest BCUT2D eigenvalue weighted by molar-refractivity contribution is 5.74. The maximum absolute atomic E-state index is 5.38. The lowest BCUT2D eigenvalue weighted by Gasteiger charge is -2.24.